The molecule has 7 nitrogen and oxygen atoms in total. The number of nitrogens with one attached hydrogen (secondary N) is 1. The van der Waals surface area contributed by atoms with E-state index in [9.17, 15) is 9.90 Å². The van der Waals surface area contributed by atoms with Crippen molar-refractivity contribution >= 4 is 47.4 Å². The minimum Gasteiger partial charge on any atom is -0.444 e. The third kappa shape index (κ3) is 5.47. The number of carbonyl (C=O) groups excluding carboxylic acids is 1. The zero-order valence-corrected chi connectivity index (χ0v) is 19.4. The highest BCUT2D eigenvalue weighted by Gasteiger charge is 2.37. The number of hydrogen-bond donors (Lipinski definition) is 2. The minimum absolute atomic E-state index is 0. The molecule has 1 amide bonds. The second kappa shape index (κ2) is 8.52. The van der Waals surface area contributed by atoms with Crippen LogP contribution >= 0.6 is 35.3 Å². The van der Waals surface area contributed by atoms with Crippen molar-refractivity contribution in [3.05, 3.63) is 22.4 Å². The summed E-state index contributed by atoms with van der Waals surface area (Å²) in [5.41, 5.74) is -1.42. The topological polar surface area (TPSA) is 77.4 Å². The number of rotatable bonds is 3. The molecule has 2 atom stereocenters. The minimum atomic E-state index is -0.937. The van der Waals surface area contributed by atoms with E-state index < -0.39 is 11.2 Å². The van der Waals surface area contributed by atoms with Gasteiger partial charge < -0.3 is 25.0 Å². The van der Waals surface area contributed by atoms with Gasteiger partial charge in [-0.25, -0.2) is 4.79 Å². The number of guanidine groups is 1. The fourth-order valence-corrected chi connectivity index (χ4v) is 3.93. The molecule has 0 radical (unpaired) electrons. The summed E-state index contributed by atoms with van der Waals surface area (Å²) in [5, 5.41) is 15.9. The summed E-state index contributed by atoms with van der Waals surface area (Å²) in [6, 6.07) is 4.03. The van der Waals surface area contributed by atoms with Crippen molar-refractivity contribution < 1.29 is 14.6 Å². The third-order valence-corrected chi connectivity index (χ3v) is 5.62. The van der Waals surface area contributed by atoms with Crippen molar-refractivity contribution in [2.45, 2.75) is 44.9 Å². The normalized spacial score (nSPS) is 21.7. The molecule has 2 unspecified atom stereocenters. The first kappa shape index (κ1) is 22.2. The van der Waals surface area contributed by atoms with E-state index in [1.54, 1.807) is 23.2 Å². The van der Waals surface area contributed by atoms with Gasteiger partial charge >= 0.3 is 6.09 Å². The van der Waals surface area contributed by atoms with Gasteiger partial charge in [-0.15, -0.1) is 35.3 Å². The van der Waals surface area contributed by atoms with Crippen molar-refractivity contribution in [2.75, 3.05) is 32.7 Å². The largest absolute Gasteiger partial charge is 0.444 e. The number of thiophene rings is 1. The Hall–Kier alpha value is -1.07. The number of aliphatic hydroxyl groups is 1. The average Bonchev–Trinajstić information content (AvgIpc) is 3.21. The zero-order valence-electron chi connectivity index (χ0n) is 16.3. The summed E-state index contributed by atoms with van der Waals surface area (Å²) in [4.78, 5) is 21.7. The lowest BCUT2D eigenvalue weighted by molar-refractivity contribution is 0.0136. The van der Waals surface area contributed by atoms with Crippen molar-refractivity contribution in [3.63, 3.8) is 0 Å². The summed E-state index contributed by atoms with van der Waals surface area (Å²) in [6.45, 7) is 10.4. The first-order valence-corrected chi connectivity index (χ1v) is 9.83. The Kier molecular flexibility index (Phi) is 7.01. The van der Waals surface area contributed by atoms with E-state index in [2.05, 4.69) is 15.2 Å². The lowest BCUT2D eigenvalue weighted by Crippen LogP contribution is -2.58. The summed E-state index contributed by atoms with van der Waals surface area (Å²) in [5.74, 6) is 0.802. The van der Waals surface area contributed by atoms with Gasteiger partial charge in [0.15, 0.2) is 5.96 Å². The van der Waals surface area contributed by atoms with Gasteiger partial charge in [0, 0.05) is 24.5 Å². The fraction of sp³-hybridized carbons (Fsp3) is 0.667. The molecule has 0 aliphatic carbocycles. The monoisotopic (exact) mass is 508 g/mol. The molecule has 2 aliphatic rings. The van der Waals surface area contributed by atoms with E-state index in [4.69, 9.17) is 4.74 Å². The van der Waals surface area contributed by atoms with Crippen molar-refractivity contribution in [2.24, 2.45) is 4.99 Å². The molecule has 1 aromatic rings. The summed E-state index contributed by atoms with van der Waals surface area (Å²) < 4.78 is 5.47. The van der Waals surface area contributed by atoms with Gasteiger partial charge in [-0.1, -0.05) is 6.07 Å². The van der Waals surface area contributed by atoms with Gasteiger partial charge in [0.2, 0.25) is 0 Å². The Morgan fingerprint density at radius 2 is 2.15 bits per heavy atom. The number of halogens is 1. The molecule has 9 heteroatoms. The fourth-order valence-electron chi connectivity index (χ4n) is 3.15. The molecule has 3 rings (SSSR count). The highest BCUT2D eigenvalue weighted by molar-refractivity contribution is 14.0. The van der Waals surface area contributed by atoms with Crippen LogP contribution in [0.2, 0.25) is 0 Å². The number of aliphatic imine (C=N–C) groups is 1. The van der Waals surface area contributed by atoms with Crippen LogP contribution in [0.5, 0.6) is 0 Å². The number of nitrogens with zero attached hydrogens (tertiary/aromatic N) is 3. The Morgan fingerprint density at radius 3 is 2.78 bits per heavy atom. The van der Waals surface area contributed by atoms with E-state index in [0.717, 1.165) is 10.8 Å². The Bertz CT molecular complexity index is 673. The number of ether oxygens (including phenoxy) is 1. The molecule has 0 aromatic carbocycles. The standard InChI is InChI=1S/C18H28N4O3S.HI/c1-17(2,3)25-16(23)21-7-8-22-13(11-21)10-19-15(22)20-12-18(4,24)14-6-5-9-26-14;/h5-6,9,13,24H,7-8,10-12H2,1-4H3,(H,19,20);1H. The summed E-state index contributed by atoms with van der Waals surface area (Å²) in [6.07, 6.45) is -0.265. The van der Waals surface area contributed by atoms with Gasteiger partial charge in [-0.3, -0.25) is 4.99 Å². The van der Waals surface area contributed by atoms with Gasteiger partial charge in [0.05, 0.1) is 19.1 Å². The van der Waals surface area contributed by atoms with E-state index in [1.165, 1.54) is 0 Å². The van der Waals surface area contributed by atoms with Crippen LogP contribution in [0, 0.1) is 0 Å². The smallest absolute Gasteiger partial charge is 0.410 e. The molecule has 3 heterocycles. The maximum absolute atomic E-state index is 12.3. The maximum atomic E-state index is 12.3. The molecule has 0 bridgehead atoms. The number of piperazine rings is 1. The average molecular weight is 508 g/mol. The van der Waals surface area contributed by atoms with Crippen LogP contribution in [0.1, 0.15) is 32.6 Å². The van der Waals surface area contributed by atoms with Gasteiger partial charge in [-0.05, 0) is 39.1 Å². The third-order valence-electron chi connectivity index (χ3n) is 4.50. The Labute approximate surface area is 181 Å². The van der Waals surface area contributed by atoms with Crippen LogP contribution in [0.4, 0.5) is 4.79 Å². The zero-order chi connectivity index (χ0) is 18.9. The number of hydrogen-bond acceptors (Lipinski definition) is 7. The molecule has 0 spiro atoms. The summed E-state index contributed by atoms with van der Waals surface area (Å²) in [7, 11) is 0. The van der Waals surface area contributed by atoms with E-state index in [-0.39, 0.29) is 36.1 Å². The highest BCUT2D eigenvalue weighted by Crippen LogP contribution is 2.25. The van der Waals surface area contributed by atoms with Crippen LogP contribution in [0.3, 0.4) is 0 Å². The lowest BCUT2D eigenvalue weighted by Gasteiger charge is -2.39. The van der Waals surface area contributed by atoms with Crippen LogP contribution in [0.25, 0.3) is 0 Å². The maximum Gasteiger partial charge on any atom is 0.410 e. The van der Waals surface area contributed by atoms with Crippen molar-refractivity contribution in [1.82, 2.24) is 15.1 Å². The first-order valence-electron chi connectivity index (χ1n) is 8.95. The van der Waals surface area contributed by atoms with E-state index in [0.29, 0.717) is 32.7 Å². The van der Waals surface area contributed by atoms with Crippen LogP contribution in [-0.2, 0) is 10.3 Å². The Balaban J connectivity index is 0.00000261. The van der Waals surface area contributed by atoms with Crippen molar-refractivity contribution in [1.29, 1.82) is 0 Å². The lowest BCUT2D eigenvalue weighted by atomic mass is 10.1. The van der Waals surface area contributed by atoms with Gasteiger partial charge in [0.25, 0.3) is 0 Å². The number of fused-ring (bicyclic) bond motifs is 1. The number of amides is 1. The molecule has 2 N–H and O–H groups in total. The molecule has 1 fully saturated rings. The van der Waals surface area contributed by atoms with E-state index >= 15 is 0 Å². The second-order valence-electron chi connectivity index (χ2n) is 8.04. The molecule has 27 heavy (non-hydrogen) atoms. The first-order chi connectivity index (χ1) is 12.2. The van der Waals surface area contributed by atoms with Crippen LogP contribution in [0.15, 0.2) is 22.5 Å². The van der Waals surface area contributed by atoms with Gasteiger partial charge in [-0.2, -0.15) is 0 Å². The second-order valence-corrected chi connectivity index (χ2v) is 8.99. The predicted molar refractivity (Wildman–Crippen MR) is 118 cm³/mol. The quantitative estimate of drug-likeness (QED) is 0.614. The SMILES string of the molecule is CC(C)(C)OC(=O)N1CCN2C(NCC(C)(O)c3cccs3)=NCC2C1.I. The predicted octanol–water partition coefficient (Wildman–Crippen LogP) is 2.45. The molecular weight excluding hydrogens is 479 g/mol. The molecule has 152 valence electrons. The summed E-state index contributed by atoms with van der Waals surface area (Å²) >= 11 is 1.54. The van der Waals surface area contributed by atoms with Crippen LogP contribution < -0.4 is 5.32 Å². The van der Waals surface area contributed by atoms with Crippen molar-refractivity contribution in [3.8, 4) is 0 Å². The Morgan fingerprint density at radius 1 is 1.41 bits per heavy atom. The van der Waals surface area contributed by atoms with Gasteiger partial charge in [0.1, 0.15) is 11.2 Å². The number of carbonyl (C=O) groups is 1. The molecule has 1 saturated heterocycles. The molecule has 1 aromatic heterocycles. The molecule has 0 saturated carbocycles. The highest BCUT2D eigenvalue weighted by atomic mass is 127. The van der Waals surface area contributed by atoms with Crippen LogP contribution in [-0.4, -0.2) is 71.3 Å². The molecule has 2 aliphatic heterocycles. The van der Waals surface area contributed by atoms with E-state index in [1.807, 2.05) is 38.3 Å². The molecular formula is C18H29IN4O3S.